The Kier molecular flexibility index (Phi) is 4.94. The van der Waals surface area contributed by atoms with Gasteiger partial charge in [0.25, 0.3) is 0 Å². The predicted octanol–water partition coefficient (Wildman–Crippen LogP) is 1.75. The first kappa shape index (κ1) is 19.8. The summed E-state index contributed by atoms with van der Waals surface area (Å²) in [6, 6.07) is 11.0. The highest BCUT2D eigenvalue weighted by Gasteiger charge is 2.55. The molecule has 3 unspecified atom stereocenters. The van der Waals surface area contributed by atoms with Gasteiger partial charge in [-0.05, 0) is 31.4 Å². The molecule has 3 atom stereocenters. The standard InChI is InChI=1S/C24H33N5O/c1-4-21-17(2)26-29(18(21)3)14-22(30)25-23-19-12-27-10-11-28(13-19)16-24(23,15-27)20-8-6-5-7-9-20/h5-9,19,23H,4,10-16H2,1-3H3,(H,25,30). The average molecular weight is 408 g/mol. The molecule has 160 valence electrons. The molecule has 1 aromatic carbocycles. The molecule has 4 saturated heterocycles. The Morgan fingerprint density at radius 3 is 2.40 bits per heavy atom. The maximum absolute atomic E-state index is 13.2. The van der Waals surface area contributed by atoms with E-state index in [1.54, 1.807) is 0 Å². The molecule has 1 aromatic heterocycles. The van der Waals surface area contributed by atoms with E-state index < -0.39 is 0 Å². The molecule has 1 amide bonds. The lowest BCUT2D eigenvalue weighted by Crippen LogP contribution is -2.70. The van der Waals surface area contributed by atoms with E-state index in [1.807, 2.05) is 11.6 Å². The van der Waals surface area contributed by atoms with E-state index in [9.17, 15) is 4.79 Å². The maximum Gasteiger partial charge on any atom is 0.242 e. The van der Waals surface area contributed by atoms with Crippen LogP contribution in [0.3, 0.4) is 0 Å². The second-order valence-electron chi connectivity index (χ2n) is 9.46. The van der Waals surface area contributed by atoms with Crippen molar-refractivity contribution in [2.45, 2.75) is 45.2 Å². The number of carbonyl (C=O) groups excluding carboxylic acids is 1. The van der Waals surface area contributed by atoms with Gasteiger partial charge in [0.2, 0.25) is 5.91 Å². The summed E-state index contributed by atoms with van der Waals surface area (Å²) in [5, 5.41) is 8.13. The van der Waals surface area contributed by atoms with Crippen LogP contribution >= 0.6 is 0 Å². The van der Waals surface area contributed by atoms with Crippen molar-refractivity contribution in [3.8, 4) is 0 Å². The summed E-state index contributed by atoms with van der Waals surface area (Å²) in [7, 11) is 0. The van der Waals surface area contributed by atoms with E-state index in [1.165, 1.54) is 11.1 Å². The van der Waals surface area contributed by atoms with Crippen molar-refractivity contribution < 1.29 is 4.79 Å². The highest BCUT2D eigenvalue weighted by atomic mass is 16.2. The lowest BCUT2D eigenvalue weighted by atomic mass is 9.64. The van der Waals surface area contributed by atoms with Crippen molar-refractivity contribution >= 4 is 5.91 Å². The Bertz CT molecular complexity index is 921. The van der Waals surface area contributed by atoms with Gasteiger partial charge < -0.3 is 15.1 Å². The number of nitrogens with zero attached hydrogens (tertiary/aromatic N) is 4. The van der Waals surface area contributed by atoms with Crippen molar-refractivity contribution in [3.63, 3.8) is 0 Å². The second kappa shape index (κ2) is 7.50. The summed E-state index contributed by atoms with van der Waals surface area (Å²) in [4.78, 5) is 18.5. The monoisotopic (exact) mass is 407 g/mol. The Hall–Kier alpha value is -2.18. The SMILES string of the molecule is CCc1c(C)nn(CC(=O)NC2C3CN4CCN(C3)CC2(c2ccccc2)C4)c1C. The second-order valence-corrected chi connectivity index (χ2v) is 9.46. The molecule has 2 aromatic rings. The summed E-state index contributed by atoms with van der Waals surface area (Å²) < 4.78 is 1.88. The highest BCUT2D eigenvalue weighted by Crippen LogP contribution is 2.43. The number of rotatable bonds is 5. The van der Waals surface area contributed by atoms with Crippen LogP contribution < -0.4 is 5.32 Å². The van der Waals surface area contributed by atoms with E-state index in [4.69, 9.17) is 0 Å². The fourth-order valence-corrected chi connectivity index (χ4v) is 6.32. The normalized spacial score (nSPS) is 32.2. The third-order valence-corrected chi connectivity index (χ3v) is 7.64. The quantitative estimate of drug-likeness (QED) is 0.821. The number of aromatic nitrogens is 2. The van der Waals surface area contributed by atoms with Crippen molar-refractivity contribution in [2.24, 2.45) is 5.92 Å². The number of aryl methyl sites for hydroxylation is 1. The molecule has 6 rings (SSSR count). The number of carbonyl (C=O) groups is 1. The van der Waals surface area contributed by atoms with Crippen molar-refractivity contribution in [2.75, 3.05) is 39.3 Å². The third-order valence-electron chi connectivity index (χ3n) is 7.64. The summed E-state index contributed by atoms with van der Waals surface area (Å²) in [6.45, 7) is 13.0. The number of benzene rings is 1. The fraction of sp³-hybridized carbons (Fsp3) is 0.583. The molecule has 4 fully saturated rings. The van der Waals surface area contributed by atoms with E-state index in [0.717, 1.165) is 57.1 Å². The molecule has 4 aliphatic heterocycles. The maximum atomic E-state index is 13.2. The minimum Gasteiger partial charge on any atom is -0.350 e. The van der Waals surface area contributed by atoms with Gasteiger partial charge in [-0.25, -0.2) is 0 Å². The van der Waals surface area contributed by atoms with Gasteiger partial charge in [0.1, 0.15) is 6.54 Å². The number of hydrogen-bond donors (Lipinski definition) is 1. The largest absolute Gasteiger partial charge is 0.350 e. The third kappa shape index (κ3) is 3.17. The van der Waals surface area contributed by atoms with E-state index in [-0.39, 0.29) is 17.4 Å². The van der Waals surface area contributed by atoms with Gasteiger partial charge >= 0.3 is 0 Å². The predicted molar refractivity (Wildman–Crippen MR) is 117 cm³/mol. The number of nitrogens with one attached hydrogen (secondary N) is 1. The summed E-state index contributed by atoms with van der Waals surface area (Å²) in [5.74, 6) is 0.547. The topological polar surface area (TPSA) is 53.4 Å². The lowest BCUT2D eigenvalue weighted by molar-refractivity contribution is -0.125. The Labute approximate surface area is 179 Å². The van der Waals surface area contributed by atoms with Gasteiger partial charge in [0.05, 0.1) is 5.69 Å². The van der Waals surface area contributed by atoms with Crippen LogP contribution in [0.5, 0.6) is 0 Å². The Morgan fingerprint density at radius 2 is 1.80 bits per heavy atom. The molecule has 0 radical (unpaired) electrons. The number of fused-ring (bicyclic) bond motifs is 1. The smallest absolute Gasteiger partial charge is 0.242 e. The highest BCUT2D eigenvalue weighted by molar-refractivity contribution is 5.76. The lowest BCUT2D eigenvalue weighted by Gasteiger charge is -2.55. The molecule has 5 heterocycles. The van der Waals surface area contributed by atoms with Crippen LogP contribution in [0.2, 0.25) is 0 Å². The van der Waals surface area contributed by atoms with Gasteiger partial charge in [-0.2, -0.15) is 5.10 Å². The first-order chi connectivity index (χ1) is 14.5. The first-order valence-corrected chi connectivity index (χ1v) is 11.3. The Morgan fingerprint density at radius 1 is 1.13 bits per heavy atom. The number of hydrogen-bond acceptors (Lipinski definition) is 4. The van der Waals surface area contributed by atoms with Gasteiger partial charge in [0.15, 0.2) is 0 Å². The molecular weight excluding hydrogens is 374 g/mol. The summed E-state index contributed by atoms with van der Waals surface area (Å²) in [6.07, 6.45) is 0.951. The minimum absolute atomic E-state index is 0.0434. The summed E-state index contributed by atoms with van der Waals surface area (Å²) >= 11 is 0. The van der Waals surface area contributed by atoms with Crippen LogP contribution in [-0.4, -0.2) is 70.8 Å². The van der Waals surface area contributed by atoms with Crippen molar-refractivity contribution in [1.82, 2.24) is 24.9 Å². The van der Waals surface area contributed by atoms with Gasteiger partial charge in [0, 0.05) is 62.3 Å². The van der Waals surface area contributed by atoms with Crippen LogP contribution in [0.4, 0.5) is 0 Å². The Balaban J connectivity index is 1.43. The number of piperidine rings is 2. The van der Waals surface area contributed by atoms with Crippen molar-refractivity contribution in [1.29, 1.82) is 0 Å². The average Bonchev–Trinajstić information content (AvgIpc) is 2.86. The van der Waals surface area contributed by atoms with Crippen LogP contribution in [0.1, 0.15) is 29.4 Å². The van der Waals surface area contributed by atoms with Crippen LogP contribution in [-0.2, 0) is 23.2 Å². The van der Waals surface area contributed by atoms with E-state index in [0.29, 0.717) is 12.5 Å². The fourth-order valence-electron chi connectivity index (χ4n) is 6.32. The molecular formula is C24H33N5O. The van der Waals surface area contributed by atoms with Crippen LogP contribution in [0, 0.1) is 19.8 Å². The summed E-state index contributed by atoms with van der Waals surface area (Å²) in [5.41, 5.74) is 4.72. The molecule has 4 aliphatic rings. The van der Waals surface area contributed by atoms with E-state index >= 15 is 0 Å². The zero-order chi connectivity index (χ0) is 20.9. The van der Waals surface area contributed by atoms with Gasteiger partial charge in [-0.1, -0.05) is 37.3 Å². The van der Waals surface area contributed by atoms with Gasteiger partial charge in [-0.15, -0.1) is 0 Å². The molecule has 0 aliphatic carbocycles. The molecule has 1 N–H and O–H groups in total. The van der Waals surface area contributed by atoms with Crippen LogP contribution in [0.25, 0.3) is 0 Å². The molecule has 0 spiro atoms. The molecule has 6 heteroatoms. The molecule has 0 saturated carbocycles. The van der Waals surface area contributed by atoms with Crippen molar-refractivity contribution in [3.05, 3.63) is 52.8 Å². The minimum atomic E-state index is -0.0434. The van der Waals surface area contributed by atoms with Gasteiger partial charge in [-0.3, -0.25) is 9.48 Å². The van der Waals surface area contributed by atoms with Crippen LogP contribution in [0.15, 0.2) is 30.3 Å². The molecule has 30 heavy (non-hydrogen) atoms. The molecule has 4 bridgehead atoms. The van der Waals surface area contributed by atoms with E-state index in [2.05, 4.69) is 64.4 Å². The first-order valence-electron chi connectivity index (χ1n) is 11.3. The number of amides is 1. The zero-order valence-corrected chi connectivity index (χ0v) is 18.4. The molecule has 6 nitrogen and oxygen atoms in total. The zero-order valence-electron chi connectivity index (χ0n) is 18.4.